The van der Waals surface area contributed by atoms with Gasteiger partial charge in [-0.1, -0.05) is 12.1 Å². The second-order valence-electron chi connectivity index (χ2n) is 5.22. The molecular weight excluding hydrogens is 301 g/mol. The van der Waals surface area contributed by atoms with Crippen LogP contribution in [-0.2, 0) is 9.59 Å². The van der Waals surface area contributed by atoms with Gasteiger partial charge in [-0.25, -0.2) is 9.37 Å². The number of amides is 2. The van der Waals surface area contributed by atoms with Crippen molar-refractivity contribution in [2.75, 3.05) is 16.8 Å². The highest BCUT2D eigenvalue weighted by Crippen LogP contribution is 2.28. The zero-order valence-electron chi connectivity index (χ0n) is 12.1. The van der Waals surface area contributed by atoms with Gasteiger partial charge in [-0.15, -0.1) is 0 Å². The first-order valence-electron chi connectivity index (χ1n) is 7.06. The Morgan fingerprint density at radius 3 is 2.83 bits per heavy atom. The maximum atomic E-state index is 13.8. The van der Waals surface area contributed by atoms with Crippen LogP contribution in [0, 0.1) is 11.7 Å². The number of carbonyl (C=O) groups excluding carboxylic acids is 2. The van der Waals surface area contributed by atoms with Crippen LogP contribution in [0.15, 0.2) is 42.6 Å². The van der Waals surface area contributed by atoms with Gasteiger partial charge in [-0.05, 0) is 24.3 Å². The average Bonchev–Trinajstić information content (AvgIpc) is 2.92. The molecule has 3 rings (SSSR count). The van der Waals surface area contributed by atoms with Gasteiger partial charge in [0.1, 0.15) is 5.82 Å². The van der Waals surface area contributed by atoms with Gasteiger partial charge < -0.3 is 15.3 Å². The van der Waals surface area contributed by atoms with Crippen LogP contribution in [0.3, 0.4) is 0 Å². The lowest BCUT2D eigenvalue weighted by Gasteiger charge is -2.17. The molecule has 0 aliphatic carbocycles. The fraction of sp³-hybridized carbons (Fsp3) is 0.188. The molecule has 1 aliphatic rings. The van der Waals surface area contributed by atoms with E-state index in [9.17, 15) is 19.1 Å². The van der Waals surface area contributed by atoms with E-state index < -0.39 is 17.6 Å². The lowest BCUT2D eigenvalue weighted by atomic mass is 10.1. The molecule has 1 unspecified atom stereocenters. The molecule has 1 atom stereocenters. The van der Waals surface area contributed by atoms with Crippen molar-refractivity contribution < 1.29 is 19.1 Å². The van der Waals surface area contributed by atoms with Crippen molar-refractivity contribution in [3.05, 3.63) is 48.4 Å². The van der Waals surface area contributed by atoms with Gasteiger partial charge in [0, 0.05) is 19.2 Å². The summed E-state index contributed by atoms with van der Waals surface area (Å²) in [6, 6.07) is 8.86. The summed E-state index contributed by atoms with van der Waals surface area (Å²) in [5, 5.41) is 12.1. The third-order valence-electron chi connectivity index (χ3n) is 3.67. The number of hydrogen-bond acceptors (Lipinski definition) is 4. The SMILES string of the molecule is O=C(Nc1ncccc1O)C1CC(=O)N(c2ccccc2F)C1. The molecule has 0 saturated carbocycles. The topological polar surface area (TPSA) is 82.5 Å². The number of pyridine rings is 1. The van der Waals surface area contributed by atoms with Crippen LogP contribution in [-0.4, -0.2) is 28.4 Å². The molecule has 1 aromatic heterocycles. The lowest BCUT2D eigenvalue weighted by Crippen LogP contribution is -2.28. The predicted octanol–water partition coefficient (Wildman–Crippen LogP) is 1.92. The molecular formula is C16H14FN3O3. The minimum absolute atomic E-state index is 0.0201. The summed E-state index contributed by atoms with van der Waals surface area (Å²) < 4.78 is 13.8. The van der Waals surface area contributed by atoms with Crippen molar-refractivity contribution in [1.82, 2.24) is 4.98 Å². The summed E-state index contributed by atoms with van der Waals surface area (Å²) in [5.41, 5.74) is 0.161. The summed E-state index contributed by atoms with van der Waals surface area (Å²) in [6.07, 6.45) is 1.41. The van der Waals surface area contributed by atoms with E-state index >= 15 is 0 Å². The standard InChI is InChI=1S/C16H14FN3O3/c17-11-4-1-2-5-12(11)20-9-10(8-14(20)22)16(23)19-15-13(21)6-3-7-18-15/h1-7,10,21H,8-9H2,(H,18,19,23). The second kappa shape index (κ2) is 6.04. The number of para-hydroxylation sites is 1. The summed E-state index contributed by atoms with van der Waals surface area (Å²) in [4.78, 5) is 29.4. The summed E-state index contributed by atoms with van der Waals surface area (Å²) in [5.74, 6) is -2.02. The molecule has 2 amide bonds. The number of benzene rings is 1. The third kappa shape index (κ3) is 2.98. The van der Waals surface area contributed by atoms with Gasteiger partial charge in [0.05, 0.1) is 11.6 Å². The number of nitrogens with one attached hydrogen (secondary N) is 1. The molecule has 0 radical (unpaired) electrons. The Labute approximate surface area is 131 Å². The Kier molecular flexibility index (Phi) is 3.92. The van der Waals surface area contributed by atoms with E-state index in [4.69, 9.17) is 0 Å². The number of carbonyl (C=O) groups is 2. The second-order valence-corrected chi connectivity index (χ2v) is 5.22. The number of aromatic nitrogens is 1. The Hall–Kier alpha value is -2.96. The number of aromatic hydroxyl groups is 1. The van der Waals surface area contributed by atoms with Crippen LogP contribution in [0.2, 0.25) is 0 Å². The molecule has 2 heterocycles. The van der Waals surface area contributed by atoms with Crippen molar-refractivity contribution >= 4 is 23.3 Å². The smallest absolute Gasteiger partial charge is 0.231 e. The number of halogens is 1. The third-order valence-corrected chi connectivity index (χ3v) is 3.67. The number of hydrogen-bond donors (Lipinski definition) is 2. The van der Waals surface area contributed by atoms with Crippen LogP contribution in [0.25, 0.3) is 0 Å². The molecule has 1 fully saturated rings. The van der Waals surface area contributed by atoms with Gasteiger partial charge in [-0.2, -0.15) is 0 Å². The van der Waals surface area contributed by atoms with Gasteiger partial charge in [0.15, 0.2) is 11.6 Å². The highest BCUT2D eigenvalue weighted by atomic mass is 19.1. The number of anilines is 2. The molecule has 118 valence electrons. The van der Waals surface area contributed by atoms with Crippen molar-refractivity contribution in [3.63, 3.8) is 0 Å². The highest BCUT2D eigenvalue weighted by molar-refractivity contribution is 6.03. The van der Waals surface area contributed by atoms with Crippen molar-refractivity contribution in [3.8, 4) is 5.75 Å². The van der Waals surface area contributed by atoms with E-state index in [0.717, 1.165) is 0 Å². The fourth-order valence-electron chi connectivity index (χ4n) is 2.50. The molecule has 6 nitrogen and oxygen atoms in total. The van der Waals surface area contributed by atoms with E-state index in [2.05, 4.69) is 10.3 Å². The van der Waals surface area contributed by atoms with Crippen molar-refractivity contribution in [1.29, 1.82) is 0 Å². The van der Waals surface area contributed by atoms with E-state index in [0.29, 0.717) is 0 Å². The first kappa shape index (κ1) is 15.0. The molecule has 0 spiro atoms. The van der Waals surface area contributed by atoms with Crippen LogP contribution < -0.4 is 10.2 Å². The van der Waals surface area contributed by atoms with Crippen LogP contribution >= 0.6 is 0 Å². The minimum Gasteiger partial charge on any atom is -0.504 e. The number of rotatable bonds is 3. The van der Waals surface area contributed by atoms with Gasteiger partial charge >= 0.3 is 0 Å². The predicted molar refractivity (Wildman–Crippen MR) is 81.4 cm³/mol. The molecule has 1 aliphatic heterocycles. The Morgan fingerprint density at radius 1 is 1.30 bits per heavy atom. The Bertz CT molecular complexity index is 766. The van der Waals surface area contributed by atoms with E-state index in [-0.39, 0.29) is 36.1 Å². The molecule has 23 heavy (non-hydrogen) atoms. The summed E-state index contributed by atoms with van der Waals surface area (Å²) in [6.45, 7) is 0.0825. The quantitative estimate of drug-likeness (QED) is 0.906. The average molecular weight is 315 g/mol. The Morgan fingerprint density at radius 2 is 2.09 bits per heavy atom. The zero-order valence-corrected chi connectivity index (χ0v) is 12.1. The molecule has 1 aromatic carbocycles. The first-order valence-corrected chi connectivity index (χ1v) is 7.06. The maximum Gasteiger partial charge on any atom is 0.231 e. The van der Waals surface area contributed by atoms with Crippen molar-refractivity contribution in [2.24, 2.45) is 5.92 Å². The van der Waals surface area contributed by atoms with Gasteiger partial charge in [0.2, 0.25) is 11.8 Å². The van der Waals surface area contributed by atoms with Crippen LogP contribution in [0.1, 0.15) is 6.42 Å². The van der Waals surface area contributed by atoms with E-state index in [1.54, 1.807) is 6.07 Å². The van der Waals surface area contributed by atoms with E-state index in [1.165, 1.54) is 41.4 Å². The van der Waals surface area contributed by atoms with E-state index in [1.807, 2.05) is 0 Å². The zero-order chi connectivity index (χ0) is 16.4. The molecule has 1 saturated heterocycles. The molecule has 7 heteroatoms. The molecule has 2 aromatic rings. The fourth-order valence-corrected chi connectivity index (χ4v) is 2.50. The largest absolute Gasteiger partial charge is 0.504 e. The summed E-state index contributed by atoms with van der Waals surface area (Å²) >= 11 is 0. The van der Waals surface area contributed by atoms with Crippen molar-refractivity contribution in [2.45, 2.75) is 6.42 Å². The molecule has 2 N–H and O–H groups in total. The first-order chi connectivity index (χ1) is 11.1. The highest BCUT2D eigenvalue weighted by Gasteiger charge is 2.36. The van der Waals surface area contributed by atoms with Crippen LogP contribution in [0.4, 0.5) is 15.9 Å². The summed E-state index contributed by atoms with van der Waals surface area (Å²) in [7, 11) is 0. The number of nitrogens with zero attached hydrogens (tertiary/aromatic N) is 2. The minimum atomic E-state index is -0.636. The van der Waals surface area contributed by atoms with Crippen LogP contribution in [0.5, 0.6) is 5.75 Å². The monoisotopic (exact) mass is 315 g/mol. The lowest BCUT2D eigenvalue weighted by molar-refractivity contribution is -0.122. The van der Waals surface area contributed by atoms with Gasteiger partial charge in [-0.3, -0.25) is 9.59 Å². The van der Waals surface area contributed by atoms with Gasteiger partial charge in [0.25, 0.3) is 0 Å². The Balaban J connectivity index is 1.74. The normalized spacial score (nSPS) is 17.3. The maximum absolute atomic E-state index is 13.8. The molecule has 0 bridgehead atoms.